The number of methoxy groups -OCH3 is 1. The molecule has 0 amide bonds. The topological polar surface area (TPSA) is 35.2 Å². The van der Waals surface area contributed by atoms with Gasteiger partial charge in [-0.25, -0.2) is 0 Å². The number of anilines is 1. The predicted molar refractivity (Wildman–Crippen MR) is 50.1 cm³/mol. The molecule has 0 aliphatic carbocycles. The minimum atomic E-state index is -4.45. The molecule has 0 heterocycles. The van der Waals surface area contributed by atoms with Crippen molar-refractivity contribution in [1.29, 1.82) is 0 Å². The zero-order valence-electron chi connectivity index (χ0n) is 7.15. The summed E-state index contributed by atoms with van der Waals surface area (Å²) >= 11 is 2.95. The standard InChI is InChI=1S/C8H7BrF3NO/c1-14-7-3-6(13)4(2-5(7)9)8(10,11)12/h2-3H,13H2,1H3. The minimum absolute atomic E-state index is 0.224. The summed E-state index contributed by atoms with van der Waals surface area (Å²) in [6, 6.07) is 2.03. The van der Waals surface area contributed by atoms with Gasteiger partial charge < -0.3 is 10.5 Å². The molecule has 2 N–H and O–H groups in total. The molecule has 0 saturated heterocycles. The van der Waals surface area contributed by atoms with Crippen molar-refractivity contribution in [2.45, 2.75) is 6.18 Å². The van der Waals surface area contributed by atoms with Crippen LogP contribution in [0.4, 0.5) is 18.9 Å². The second kappa shape index (κ2) is 3.68. The Balaban J connectivity index is 3.29. The second-order valence-corrected chi connectivity index (χ2v) is 3.43. The van der Waals surface area contributed by atoms with Crippen LogP contribution in [0.3, 0.4) is 0 Å². The summed E-state index contributed by atoms with van der Waals surface area (Å²) in [7, 11) is 1.35. The van der Waals surface area contributed by atoms with E-state index in [0.717, 1.165) is 12.1 Å². The molecular weight excluding hydrogens is 263 g/mol. The van der Waals surface area contributed by atoms with E-state index in [-0.39, 0.29) is 15.9 Å². The molecule has 0 aliphatic rings. The lowest BCUT2D eigenvalue weighted by Crippen LogP contribution is -2.09. The van der Waals surface area contributed by atoms with E-state index in [4.69, 9.17) is 10.5 Å². The van der Waals surface area contributed by atoms with Crippen molar-refractivity contribution in [1.82, 2.24) is 0 Å². The number of nitrogen functional groups attached to an aromatic ring is 1. The van der Waals surface area contributed by atoms with E-state index in [9.17, 15) is 13.2 Å². The Bertz CT molecular complexity index is 351. The molecule has 1 aromatic carbocycles. The molecule has 0 saturated carbocycles. The molecule has 14 heavy (non-hydrogen) atoms. The highest BCUT2D eigenvalue weighted by atomic mass is 79.9. The number of rotatable bonds is 1. The summed E-state index contributed by atoms with van der Waals surface area (Å²) in [5, 5.41) is 0. The first kappa shape index (κ1) is 11.2. The first-order valence-electron chi connectivity index (χ1n) is 3.56. The van der Waals surface area contributed by atoms with Crippen molar-refractivity contribution >= 4 is 21.6 Å². The molecule has 0 unspecified atom stereocenters. The number of hydrogen-bond donors (Lipinski definition) is 1. The quantitative estimate of drug-likeness (QED) is 0.796. The van der Waals surface area contributed by atoms with E-state index < -0.39 is 11.7 Å². The molecule has 0 atom stereocenters. The Morgan fingerprint density at radius 3 is 2.36 bits per heavy atom. The van der Waals surface area contributed by atoms with Gasteiger partial charge in [0.1, 0.15) is 5.75 Å². The summed E-state index contributed by atoms with van der Waals surface area (Å²) in [5.74, 6) is 0.274. The number of nitrogens with two attached hydrogens (primary N) is 1. The zero-order chi connectivity index (χ0) is 10.9. The fraction of sp³-hybridized carbons (Fsp3) is 0.250. The third-order valence-corrected chi connectivity index (χ3v) is 2.25. The monoisotopic (exact) mass is 269 g/mol. The number of halogens is 4. The third-order valence-electron chi connectivity index (χ3n) is 1.63. The van der Waals surface area contributed by atoms with Gasteiger partial charge in [-0.15, -0.1) is 0 Å². The lowest BCUT2D eigenvalue weighted by atomic mass is 10.1. The van der Waals surface area contributed by atoms with Gasteiger partial charge in [0.2, 0.25) is 0 Å². The summed E-state index contributed by atoms with van der Waals surface area (Å²) in [4.78, 5) is 0. The molecule has 2 nitrogen and oxygen atoms in total. The number of ether oxygens (including phenoxy) is 1. The van der Waals surface area contributed by atoms with Crippen molar-refractivity contribution < 1.29 is 17.9 Å². The van der Waals surface area contributed by atoms with E-state index in [1.165, 1.54) is 7.11 Å². The van der Waals surface area contributed by atoms with Gasteiger partial charge in [0, 0.05) is 11.8 Å². The van der Waals surface area contributed by atoms with Crippen LogP contribution in [0.1, 0.15) is 5.56 Å². The third kappa shape index (κ3) is 2.12. The van der Waals surface area contributed by atoms with Gasteiger partial charge in [-0.1, -0.05) is 0 Å². The van der Waals surface area contributed by atoms with Crippen molar-refractivity contribution in [2.75, 3.05) is 12.8 Å². The smallest absolute Gasteiger partial charge is 0.418 e. The van der Waals surface area contributed by atoms with Crippen molar-refractivity contribution in [3.63, 3.8) is 0 Å². The maximum absolute atomic E-state index is 12.3. The molecule has 0 radical (unpaired) electrons. The van der Waals surface area contributed by atoms with Crippen LogP contribution in [0.2, 0.25) is 0 Å². The van der Waals surface area contributed by atoms with E-state index in [2.05, 4.69) is 15.9 Å². The van der Waals surface area contributed by atoms with Crippen molar-refractivity contribution in [2.24, 2.45) is 0 Å². The van der Waals surface area contributed by atoms with Gasteiger partial charge in [0.25, 0.3) is 0 Å². The first-order valence-corrected chi connectivity index (χ1v) is 4.35. The van der Waals surface area contributed by atoms with Crippen molar-refractivity contribution in [3.05, 3.63) is 22.2 Å². The lowest BCUT2D eigenvalue weighted by molar-refractivity contribution is -0.136. The number of benzene rings is 1. The maximum atomic E-state index is 12.3. The fourth-order valence-electron chi connectivity index (χ4n) is 0.971. The van der Waals surface area contributed by atoms with Gasteiger partial charge in [-0.2, -0.15) is 13.2 Å². The number of alkyl halides is 3. The Morgan fingerprint density at radius 2 is 1.93 bits per heavy atom. The van der Waals surface area contributed by atoms with Crippen LogP contribution < -0.4 is 10.5 Å². The zero-order valence-corrected chi connectivity index (χ0v) is 8.74. The van der Waals surface area contributed by atoms with Crippen LogP contribution in [-0.4, -0.2) is 7.11 Å². The predicted octanol–water partition coefficient (Wildman–Crippen LogP) is 3.06. The SMILES string of the molecule is COc1cc(N)c(C(F)(F)F)cc1Br. The molecule has 6 heteroatoms. The average Bonchev–Trinajstić information content (AvgIpc) is 2.06. The molecule has 1 aromatic rings. The Morgan fingerprint density at radius 1 is 1.36 bits per heavy atom. The summed E-state index contributed by atoms with van der Waals surface area (Å²) in [5.41, 5.74) is 4.01. The molecule has 78 valence electrons. The average molecular weight is 270 g/mol. The van der Waals surface area contributed by atoms with Crippen LogP contribution in [0.25, 0.3) is 0 Å². The van der Waals surface area contributed by atoms with E-state index in [0.29, 0.717) is 0 Å². The molecule has 0 aromatic heterocycles. The Labute approximate surface area is 87.0 Å². The summed E-state index contributed by atoms with van der Waals surface area (Å²) < 4.78 is 42.0. The van der Waals surface area contributed by atoms with Gasteiger partial charge in [-0.3, -0.25) is 0 Å². The summed E-state index contributed by atoms with van der Waals surface area (Å²) in [6.45, 7) is 0. The molecule has 0 bridgehead atoms. The lowest BCUT2D eigenvalue weighted by Gasteiger charge is -2.12. The van der Waals surface area contributed by atoms with Gasteiger partial charge in [-0.05, 0) is 22.0 Å². The van der Waals surface area contributed by atoms with E-state index in [1.807, 2.05) is 0 Å². The van der Waals surface area contributed by atoms with Crippen LogP contribution in [0, 0.1) is 0 Å². The molecule has 0 fully saturated rings. The molecule has 0 aliphatic heterocycles. The highest BCUT2D eigenvalue weighted by Crippen LogP contribution is 2.38. The van der Waals surface area contributed by atoms with Gasteiger partial charge >= 0.3 is 6.18 Å². The van der Waals surface area contributed by atoms with Crippen molar-refractivity contribution in [3.8, 4) is 5.75 Å². The normalized spacial score (nSPS) is 11.5. The molecular formula is C8H7BrF3NO. The van der Waals surface area contributed by atoms with Crippen LogP contribution >= 0.6 is 15.9 Å². The van der Waals surface area contributed by atoms with Crippen LogP contribution in [-0.2, 0) is 6.18 Å². The highest BCUT2D eigenvalue weighted by molar-refractivity contribution is 9.10. The molecule has 1 rings (SSSR count). The second-order valence-electron chi connectivity index (χ2n) is 2.57. The Kier molecular flexibility index (Phi) is 2.94. The molecule has 0 spiro atoms. The number of hydrogen-bond acceptors (Lipinski definition) is 2. The Hall–Kier alpha value is -0.910. The maximum Gasteiger partial charge on any atom is 0.418 e. The van der Waals surface area contributed by atoms with Gasteiger partial charge in [0.15, 0.2) is 0 Å². The minimum Gasteiger partial charge on any atom is -0.495 e. The fourth-order valence-corrected chi connectivity index (χ4v) is 1.48. The first-order chi connectivity index (χ1) is 6.36. The van der Waals surface area contributed by atoms with E-state index >= 15 is 0 Å². The van der Waals surface area contributed by atoms with Gasteiger partial charge in [0.05, 0.1) is 17.1 Å². The largest absolute Gasteiger partial charge is 0.495 e. The van der Waals surface area contributed by atoms with Crippen LogP contribution in [0.15, 0.2) is 16.6 Å². The van der Waals surface area contributed by atoms with E-state index in [1.54, 1.807) is 0 Å². The van der Waals surface area contributed by atoms with Crippen LogP contribution in [0.5, 0.6) is 5.75 Å². The highest BCUT2D eigenvalue weighted by Gasteiger charge is 2.33. The summed E-state index contributed by atoms with van der Waals surface area (Å²) in [6.07, 6.45) is -4.45.